The van der Waals surface area contributed by atoms with Crippen LogP contribution in [0.2, 0.25) is 0 Å². The van der Waals surface area contributed by atoms with E-state index in [-0.39, 0.29) is 34.0 Å². The number of hydrogen-bond donors (Lipinski definition) is 0. The molecule has 194 valence electrons. The predicted octanol–water partition coefficient (Wildman–Crippen LogP) is -2.64. The molecule has 0 atom stereocenters. The first-order valence-corrected chi connectivity index (χ1v) is 10.8. The van der Waals surface area contributed by atoms with Crippen LogP contribution in [0.5, 0.6) is 23.0 Å². The number of methoxy groups -OCH3 is 2. The Morgan fingerprint density at radius 2 is 1.00 bits per heavy atom. The van der Waals surface area contributed by atoms with Gasteiger partial charge in [-0.05, 0) is 63.1 Å². The molecule has 2 aromatic rings. The Labute approximate surface area is 216 Å². The van der Waals surface area contributed by atoms with E-state index in [0.717, 1.165) is 0 Å². The summed E-state index contributed by atoms with van der Waals surface area (Å²) < 4.78 is 44.3. The number of benzene rings is 2. The van der Waals surface area contributed by atoms with Crippen LogP contribution >= 0.6 is 0 Å². The first kappa shape index (κ1) is 34.8. The van der Waals surface area contributed by atoms with Crippen molar-refractivity contribution in [2.75, 3.05) is 14.2 Å². The number of nitrogens with zero attached hydrogens (tertiary/aromatic N) is 2. The molecular formula is C22H28ClMnN2O9. The normalized spacial score (nSPS) is 11.8. The van der Waals surface area contributed by atoms with E-state index in [4.69, 9.17) is 28.1 Å². The van der Waals surface area contributed by atoms with Gasteiger partial charge in [0.2, 0.25) is 0 Å². The minimum Gasteiger partial charge on any atom is -0.872 e. The van der Waals surface area contributed by atoms with E-state index < -0.39 is 21.3 Å². The molecule has 0 spiro atoms. The van der Waals surface area contributed by atoms with Crippen LogP contribution in [0.4, 0.5) is 0 Å². The third kappa shape index (κ3) is 11.7. The second-order valence-corrected chi connectivity index (χ2v) is 8.58. The Hall–Kier alpha value is -2.41. The summed E-state index contributed by atoms with van der Waals surface area (Å²) in [7, 11) is -1.85. The van der Waals surface area contributed by atoms with E-state index in [0.29, 0.717) is 22.6 Å². The van der Waals surface area contributed by atoms with Crippen molar-refractivity contribution in [3.8, 4) is 23.0 Å². The predicted molar refractivity (Wildman–Crippen MR) is 112 cm³/mol. The van der Waals surface area contributed by atoms with Gasteiger partial charge < -0.3 is 25.2 Å². The minimum absolute atomic E-state index is 0. The van der Waals surface area contributed by atoms with E-state index >= 15 is 0 Å². The molecular weight excluding hydrogens is 527 g/mol. The van der Waals surface area contributed by atoms with Gasteiger partial charge in [0.05, 0.1) is 25.3 Å². The maximum atomic E-state index is 12.0. The summed E-state index contributed by atoms with van der Waals surface area (Å²) in [5, 5.41) is 24.1. The fourth-order valence-corrected chi connectivity index (χ4v) is 2.29. The average Bonchev–Trinajstić information content (AvgIpc) is 2.71. The first-order valence-electron chi connectivity index (χ1n) is 9.52. The van der Waals surface area contributed by atoms with Crippen LogP contribution in [-0.4, -0.2) is 43.2 Å². The number of halogens is 1. The molecule has 0 aliphatic rings. The van der Waals surface area contributed by atoms with Crippen molar-refractivity contribution in [2.24, 2.45) is 9.98 Å². The molecule has 2 aromatic carbocycles. The van der Waals surface area contributed by atoms with E-state index in [1.807, 2.05) is 27.7 Å². The van der Waals surface area contributed by atoms with Gasteiger partial charge in [-0.25, -0.2) is 18.6 Å². The quantitative estimate of drug-likeness (QED) is 0.260. The fraction of sp³-hybridized carbons (Fsp3) is 0.364. The molecule has 0 aliphatic carbocycles. The van der Waals surface area contributed by atoms with Crippen LogP contribution in [0.3, 0.4) is 0 Å². The van der Waals surface area contributed by atoms with Crippen molar-refractivity contribution in [2.45, 2.75) is 38.8 Å². The third-order valence-electron chi connectivity index (χ3n) is 4.98. The molecule has 0 aliphatic heterocycles. The van der Waals surface area contributed by atoms with Crippen LogP contribution in [0.1, 0.15) is 38.8 Å². The van der Waals surface area contributed by atoms with Crippen molar-refractivity contribution in [1.82, 2.24) is 0 Å². The van der Waals surface area contributed by atoms with E-state index in [1.54, 1.807) is 50.9 Å². The summed E-state index contributed by atoms with van der Waals surface area (Å²) in [4.78, 5) is 9.21. The molecule has 0 aromatic heterocycles. The van der Waals surface area contributed by atoms with Gasteiger partial charge in [-0.2, -0.15) is 0 Å². The number of rotatable bonds is 7. The Kier molecular flexibility index (Phi) is 14.1. The summed E-state index contributed by atoms with van der Waals surface area (Å²) in [6.45, 7) is 7.70. The van der Waals surface area contributed by atoms with Crippen molar-refractivity contribution in [3.63, 3.8) is 0 Å². The zero-order valence-electron chi connectivity index (χ0n) is 20.0. The van der Waals surface area contributed by atoms with Crippen molar-refractivity contribution < 1.29 is 71.1 Å². The Morgan fingerprint density at radius 1 is 0.714 bits per heavy atom. The van der Waals surface area contributed by atoms with Gasteiger partial charge in [0.25, 0.3) is 0 Å². The minimum atomic E-state index is -4.94. The van der Waals surface area contributed by atoms with Crippen LogP contribution in [0.15, 0.2) is 46.4 Å². The van der Waals surface area contributed by atoms with Crippen molar-refractivity contribution in [3.05, 3.63) is 47.5 Å². The van der Waals surface area contributed by atoms with Crippen molar-refractivity contribution in [1.29, 1.82) is 0 Å². The van der Waals surface area contributed by atoms with E-state index in [1.165, 1.54) is 12.1 Å². The molecule has 0 amide bonds. The third-order valence-corrected chi connectivity index (χ3v) is 4.98. The zero-order valence-corrected chi connectivity index (χ0v) is 22.0. The molecule has 0 heterocycles. The molecule has 13 heteroatoms. The largest absolute Gasteiger partial charge is 3.00 e. The van der Waals surface area contributed by atoms with Crippen LogP contribution in [0.25, 0.3) is 0 Å². The summed E-state index contributed by atoms with van der Waals surface area (Å²) in [5.74, 6) is 0.928. The number of hydrogen-bond acceptors (Lipinski definition) is 10. The van der Waals surface area contributed by atoms with Gasteiger partial charge in [0.15, 0.2) is 0 Å². The molecule has 35 heavy (non-hydrogen) atoms. The standard InChI is InChI=1S/C22H28N2O4.ClHO4.Mn.H2O/c1-21(2,23-13-15-11-17(27-5)7-9-19(15)25)22(3,4)24-14-16-12-18(28-6)8-10-20(16)26;2-1(3,4)5;;/h7-14,25-26H,1-6H3;(H,2,3,4,5);;1H2/q;;+3;/p-3. The van der Waals surface area contributed by atoms with Crippen LogP contribution in [0, 0.1) is 10.2 Å². The molecule has 2 rings (SSSR count). The molecule has 0 radical (unpaired) electrons. The second-order valence-electron chi connectivity index (χ2n) is 7.82. The average molecular weight is 555 g/mol. The summed E-state index contributed by atoms with van der Waals surface area (Å²) >= 11 is 0. The van der Waals surface area contributed by atoms with E-state index in [9.17, 15) is 10.2 Å². The number of ether oxygens (including phenoxy) is 2. The van der Waals surface area contributed by atoms with Crippen molar-refractivity contribution >= 4 is 12.4 Å². The summed E-state index contributed by atoms with van der Waals surface area (Å²) in [5.41, 5.74) is -0.384. The first-order chi connectivity index (χ1) is 15.1. The molecule has 0 saturated heterocycles. The molecule has 0 saturated carbocycles. The smallest absolute Gasteiger partial charge is 0.872 e. The Morgan fingerprint density at radius 3 is 1.26 bits per heavy atom. The maximum absolute atomic E-state index is 12.0. The van der Waals surface area contributed by atoms with Gasteiger partial charge in [0.1, 0.15) is 11.5 Å². The van der Waals surface area contributed by atoms with Crippen LogP contribution in [-0.2, 0) is 17.1 Å². The second kappa shape index (κ2) is 14.2. The molecule has 0 unspecified atom stereocenters. The molecule has 2 N–H and O–H groups in total. The number of aliphatic imine (C=N–C) groups is 2. The van der Waals surface area contributed by atoms with Gasteiger partial charge in [-0.3, -0.25) is 9.98 Å². The Balaban J connectivity index is 0. The summed E-state index contributed by atoms with van der Waals surface area (Å²) in [6.07, 6.45) is 3.10. The molecule has 0 bridgehead atoms. The van der Waals surface area contributed by atoms with Crippen LogP contribution < -0.4 is 38.3 Å². The SMILES string of the molecule is COc1ccc([O-])c(C=NC(C)(C)C(C)(C)N=Cc2cc(OC)ccc2[O-])c1.O.[Mn+3].[O-][Cl+3]([O-])([O-])[O-]. The zero-order chi connectivity index (χ0) is 25.4. The Bertz CT molecular complexity index is 914. The van der Waals surface area contributed by atoms with Gasteiger partial charge in [-0.15, -0.1) is 10.2 Å². The van der Waals surface area contributed by atoms with Gasteiger partial charge >= 0.3 is 17.1 Å². The maximum Gasteiger partial charge on any atom is 3.00 e. The fourth-order valence-electron chi connectivity index (χ4n) is 2.29. The molecule has 0 fully saturated rings. The topological polar surface area (TPSA) is 213 Å². The van der Waals surface area contributed by atoms with Gasteiger partial charge in [-0.1, -0.05) is 23.6 Å². The summed E-state index contributed by atoms with van der Waals surface area (Å²) in [6, 6.07) is 9.45. The monoisotopic (exact) mass is 554 g/mol. The molecule has 11 nitrogen and oxygen atoms in total. The van der Waals surface area contributed by atoms with E-state index in [2.05, 4.69) is 9.98 Å². The van der Waals surface area contributed by atoms with Gasteiger partial charge in [0, 0.05) is 12.4 Å².